The van der Waals surface area contributed by atoms with Crippen molar-refractivity contribution in [2.24, 2.45) is 0 Å². The van der Waals surface area contributed by atoms with E-state index >= 15 is 0 Å². The lowest BCUT2D eigenvalue weighted by atomic mass is 10.2. The highest BCUT2D eigenvalue weighted by Crippen LogP contribution is 2.04. The summed E-state index contributed by atoms with van der Waals surface area (Å²) in [5, 5.41) is 17.7. The van der Waals surface area contributed by atoms with Gasteiger partial charge in [0.2, 0.25) is 0 Å². The summed E-state index contributed by atoms with van der Waals surface area (Å²) in [6.45, 7) is 2.63. The molecule has 0 aromatic carbocycles. The van der Waals surface area contributed by atoms with E-state index in [1.807, 2.05) is 0 Å². The van der Waals surface area contributed by atoms with Gasteiger partial charge in [-0.2, -0.15) is 0 Å². The summed E-state index contributed by atoms with van der Waals surface area (Å²) in [4.78, 5) is 0. The first kappa shape index (κ1) is 23.1. The van der Waals surface area contributed by atoms with E-state index in [0.717, 1.165) is 38.5 Å². The Morgan fingerprint density at radius 2 is 1.25 bits per heavy atom. The highest BCUT2D eigenvalue weighted by Gasteiger charge is 2.04. The molecule has 0 amide bonds. The van der Waals surface area contributed by atoms with Crippen molar-refractivity contribution in [2.75, 3.05) is 19.8 Å². The SMILES string of the molecule is CCCCC/C=C\C/C=C\C/C=C\CCCCCOC(CO)CO. The van der Waals surface area contributed by atoms with Crippen molar-refractivity contribution < 1.29 is 14.9 Å². The van der Waals surface area contributed by atoms with Crippen LogP contribution in [0.2, 0.25) is 0 Å². The number of unbranched alkanes of at least 4 members (excludes halogenated alkanes) is 6. The van der Waals surface area contributed by atoms with E-state index in [-0.39, 0.29) is 13.2 Å². The number of hydrogen-bond acceptors (Lipinski definition) is 3. The highest BCUT2D eigenvalue weighted by molar-refractivity contribution is 4.97. The fraction of sp³-hybridized carbons (Fsp3) is 0.714. The molecule has 0 fully saturated rings. The van der Waals surface area contributed by atoms with Gasteiger partial charge in [0.15, 0.2) is 0 Å². The fourth-order valence-corrected chi connectivity index (χ4v) is 2.24. The van der Waals surface area contributed by atoms with Crippen molar-refractivity contribution in [3.05, 3.63) is 36.5 Å². The molecule has 0 aliphatic rings. The molecule has 0 aromatic heterocycles. The summed E-state index contributed by atoms with van der Waals surface area (Å²) in [5.74, 6) is 0. The maximum atomic E-state index is 8.86. The van der Waals surface area contributed by atoms with E-state index in [9.17, 15) is 0 Å². The van der Waals surface area contributed by atoms with Gasteiger partial charge in [0.1, 0.15) is 6.10 Å². The third kappa shape index (κ3) is 17.5. The second-order valence-corrected chi connectivity index (χ2v) is 6.09. The summed E-state index contributed by atoms with van der Waals surface area (Å²) in [6.07, 6.45) is 24.7. The monoisotopic (exact) mass is 338 g/mol. The van der Waals surface area contributed by atoms with E-state index in [2.05, 4.69) is 43.4 Å². The van der Waals surface area contributed by atoms with Crippen molar-refractivity contribution in [2.45, 2.75) is 77.2 Å². The van der Waals surface area contributed by atoms with Crippen molar-refractivity contribution in [3.63, 3.8) is 0 Å². The zero-order chi connectivity index (χ0) is 17.7. The van der Waals surface area contributed by atoms with Crippen LogP contribution in [0.3, 0.4) is 0 Å². The third-order valence-corrected chi connectivity index (χ3v) is 3.79. The van der Waals surface area contributed by atoms with Crippen LogP contribution in [0, 0.1) is 0 Å². The molecule has 0 aliphatic heterocycles. The molecule has 3 heteroatoms. The molecule has 0 unspecified atom stereocenters. The van der Waals surface area contributed by atoms with E-state index in [0.29, 0.717) is 6.61 Å². The molecule has 0 saturated heterocycles. The molecule has 0 saturated carbocycles. The summed E-state index contributed by atoms with van der Waals surface area (Å²) in [5.41, 5.74) is 0. The van der Waals surface area contributed by atoms with Crippen LogP contribution in [0.1, 0.15) is 71.1 Å². The minimum absolute atomic E-state index is 0.110. The van der Waals surface area contributed by atoms with Gasteiger partial charge in [0, 0.05) is 6.61 Å². The summed E-state index contributed by atoms with van der Waals surface area (Å²) in [7, 11) is 0. The molecular weight excluding hydrogens is 300 g/mol. The lowest BCUT2D eigenvalue weighted by Gasteiger charge is -2.11. The van der Waals surface area contributed by atoms with Crippen molar-refractivity contribution in [1.82, 2.24) is 0 Å². The first-order valence-corrected chi connectivity index (χ1v) is 9.63. The van der Waals surface area contributed by atoms with E-state index < -0.39 is 6.10 Å². The Morgan fingerprint density at radius 3 is 1.79 bits per heavy atom. The van der Waals surface area contributed by atoms with Gasteiger partial charge in [0.25, 0.3) is 0 Å². The molecular formula is C21H38O3. The van der Waals surface area contributed by atoms with Gasteiger partial charge in [-0.1, -0.05) is 62.6 Å². The van der Waals surface area contributed by atoms with Gasteiger partial charge < -0.3 is 14.9 Å². The first-order chi connectivity index (χ1) is 11.8. The lowest BCUT2D eigenvalue weighted by Crippen LogP contribution is -2.22. The maximum absolute atomic E-state index is 8.86. The molecule has 0 atom stereocenters. The Bertz CT molecular complexity index is 317. The summed E-state index contributed by atoms with van der Waals surface area (Å²) in [6, 6.07) is 0. The normalized spacial score (nSPS) is 12.5. The maximum Gasteiger partial charge on any atom is 0.104 e. The Labute approximate surface area is 149 Å². The Balaban J connectivity index is 3.33. The van der Waals surface area contributed by atoms with Crippen LogP contribution in [0.25, 0.3) is 0 Å². The van der Waals surface area contributed by atoms with E-state index in [1.165, 1.54) is 25.7 Å². The van der Waals surface area contributed by atoms with Crippen LogP contribution in [-0.4, -0.2) is 36.1 Å². The Morgan fingerprint density at radius 1 is 0.708 bits per heavy atom. The number of ether oxygens (including phenoxy) is 1. The number of rotatable bonds is 17. The van der Waals surface area contributed by atoms with Gasteiger partial charge in [-0.3, -0.25) is 0 Å². The van der Waals surface area contributed by atoms with Gasteiger partial charge in [-0.15, -0.1) is 0 Å². The molecule has 0 aromatic rings. The quantitative estimate of drug-likeness (QED) is 0.291. The lowest BCUT2D eigenvalue weighted by molar-refractivity contribution is -0.0208. The molecule has 3 nitrogen and oxygen atoms in total. The number of aliphatic hydroxyl groups is 2. The fourth-order valence-electron chi connectivity index (χ4n) is 2.24. The minimum atomic E-state index is -0.414. The number of allylic oxidation sites excluding steroid dienone is 6. The van der Waals surface area contributed by atoms with Crippen molar-refractivity contribution in [1.29, 1.82) is 0 Å². The number of aliphatic hydroxyl groups excluding tert-OH is 2. The number of hydrogen-bond donors (Lipinski definition) is 2. The van der Waals surface area contributed by atoms with Crippen LogP contribution in [0.15, 0.2) is 36.5 Å². The van der Waals surface area contributed by atoms with Crippen LogP contribution in [0.4, 0.5) is 0 Å². The summed E-state index contributed by atoms with van der Waals surface area (Å²) < 4.78 is 5.33. The second-order valence-electron chi connectivity index (χ2n) is 6.09. The third-order valence-electron chi connectivity index (χ3n) is 3.79. The first-order valence-electron chi connectivity index (χ1n) is 9.63. The zero-order valence-electron chi connectivity index (χ0n) is 15.5. The molecule has 0 radical (unpaired) electrons. The minimum Gasteiger partial charge on any atom is -0.394 e. The Kier molecular flexibility index (Phi) is 19.4. The van der Waals surface area contributed by atoms with Gasteiger partial charge in [0.05, 0.1) is 13.2 Å². The molecule has 0 heterocycles. The standard InChI is InChI=1S/C21H38O3/c1-2-3-4-5-6-7-8-9-10-11-12-13-14-15-16-17-18-24-21(19-22)20-23/h6-7,9-10,12-13,21-23H,2-5,8,11,14-20H2,1H3/b7-6-,10-9-,13-12-. The molecule has 0 bridgehead atoms. The molecule has 0 rings (SSSR count). The van der Waals surface area contributed by atoms with Crippen LogP contribution in [0.5, 0.6) is 0 Å². The van der Waals surface area contributed by atoms with Gasteiger partial charge >= 0.3 is 0 Å². The predicted octanol–water partition coefficient (Wildman–Crippen LogP) is 4.95. The highest BCUT2D eigenvalue weighted by atomic mass is 16.5. The predicted molar refractivity (Wildman–Crippen MR) is 103 cm³/mol. The van der Waals surface area contributed by atoms with Gasteiger partial charge in [-0.25, -0.2) is 0 Å². The van der Waals surface area contributed by atoms with E-state index in [1.54, 1.807) is 0 Å². The molecule has 2 N–H and O–H groups in total. The van der Waals surface area contributed by atoms with Crippen LogP contribution in [-0.2, 0) is 4.74 Å². The van der Waals surface area contributed by atoms with Crippen LogP contribution >= 0.6 is 0 Å². The average Bonchev–Trinajstić information content (AvgIpc) is 2.61. The largest absolute Gasteiger partial charge is 0.394 e. The average molecular weight is 339 g/mol. The second kappa shape index (κ2) is 20.1. The van der Waals surface area contributed by atoms with Crippen molar-refractivity contribution in [3.8, 4) is 0 Å². The topological polar surface area (TPSA) is 49.7 Å². The smallest absolute Gasteiger partial charge is 0.104 e. The summed E-state index contributed by atoms with van der Waals surface area (Å²) >= 11 is 0. The Hall–Kier alpha value is -0.900. The van der Waals surface area contributed by atoms with Gasteiger partial charge in [-0.05, 0) is 44.9 Å². The molecule has 24 heavy (non-hydrogen) atoms. The van der Waals surface area contributed by atoms with E-state index in [4.69, 9.17) is 14.9 Å². The van der Waals surface area contributed by atoms with Crippen molar-refractivity contribution >= 4 is 0 Å². The molecule has 0 spiro atoms. The molecule has 0 aliphatic carbocycles. The molecule has 140 valence electrons. The van der Waals surface area contributed by atoms with Crippen LogP contribution < -0.4 is 0 Å². The zero-order valence-corrected chi connectivity index (χ0v) is 15.5.